The molecule has 1 aromatic rings. The molecule has 1 N–H and O–H groups in total. The summed E-state index contributed by atoms with van der Waals surface area (Å²) < 4.78 is 5.30. The van der Waals surface area contributed by atoms with Gasteiger partial charge in [-0.05, 0) is 24.0 Å². The Kier molecular flexibility index (Phi) is 6.36. The maximum atomic E-state index is 12.0. The zero-order valence-electron chi connectivity index (χ0n) is 11.9. The summed E-state index contributed by atoms with van der Waals surface area (Å²) >= 11 is 1.78. The van der Waals surface area contributed by atoms with Crippen molar-refractivity contribution in [3.05, 3.63) is 35.4 Å². The van der Waals surface area contributed by atoms with Gasteiger partial charge in [0.25, 0.3) is 5.91 Å². The number of morpholine rings is 1. The van der Waals surface area contributed by atoms with Gasteiger partial charge < -0.3 is 10.1 Å². The monoisotopic (exact) mass is 294 g/mol. The number of amides is 1. The van der Waals surface area contributed by atoms with E-state index >= 15 is 0 Å². The van der Waals surface area contributed by atoms with Crippen molar-refractivity contribution in [2.75, 3.05) is 45.6 Å². The van der Waals surface area contributed by atoms with Crippen LogP contribution in [0.1, 0.15) is 15.9 Å². The standard InChI is InChI=1S/C15H22N2O2S/c1-20-12-13-2-4-14(5-3-13)15(18)16-6-7-17-8-10-19-11-9-17/h2-5H,6-12H2,1H3,(H,16,18). The highest BCUT2D eigenvalue weighted by Crippen LogP contribution is 2.10. The minimum Gasteiger partial charge on any atom is -0.379 e. The van der Waals surface area contributed by atoms with Gasteiger partial charge in [0, 0.05) is 37.5 Å². The van der Waals surface area contributed by atoms with E-state index < -0.39 is 0 Å². The number of nitrogens with one attached hydrogen (secondary N) is 1. The van der Waals surface area contributed by atoms with Crippen molar-refractivity contribution in [2.45, 2.75) is 5.75 Å². The molecule has 1 heterocycles. The first-order valence-corrected chi connectivity index (χ1v) is 8.35. The van der Waals surface area contributed by atoms with Crippen LogP contribution in [0.4, 0.5) is 0 Å². The molecule has 1 aromatic carbocycles. The van der Waals surface area contributed by atoms with Gasteiger partial charge >= 0.3 is 0 Å². The summed E-state index contributed by atoms with van der Waals surface area (Å²) in [4.78, 5) is 14.3. The van der Waals surface area contributed by atoms with Gasteiger partial charge in [0.1, 0.15) is 0 Å². The zero-order chi connectivity index (χ0) is 14.2. The lowest BCUT2D eigenvalue weighted by Gasteiger charge is -2.26. The van der Waals surface area contributed by atoms with Crippen LogP contribution in [0.2, 0.25) is 0 Å². The maximum absolute atomic E-state index is 12.0. The number of nitrogens with zero attached hydrogens (tertiary/aromatic N) is 1. The Hall–Kier alpha value is -1.04. The Bertz CT molecular complexity index is 416. The minimum absolute atomic E-state index is 0.00830. The molecule has 0 atom stereocenters. The molecule has 0 bridgehead atoms. The third kappa shape index (κ3) is 4.81. The summed E-state index contributed by atoms with van der Waals surface area (Å²) in [5, 5.41) is 2.97. The van der Waals surface area contributed by atoms with E-state index in [0.29, 0.717) is 6.54 Å². The van der Waals surface area contributed by atoms with E-state index in [1.807, 2.05) is 24.3 Å². The Morgan fingerprint density at radius 1 is 1.30 bits per heavy atom. The molecule has 1 aliphatic rings. The Balaban J connectivity index is 1.73. The number of carbonyl (C=O) groups excluding carboxylic acids is 1. The zero-order valence-corrected chi connectivity index (χ0v) is 12.7. The molecule has 0 unspecified atom stereocenters. The maximum Gasteiger partial charge on any atom is 0.251 e. The van der Waals surface area contributed by atoms with Crippen LogP contribution in [0.15, 0.2) is 24.3 Å². The van der Waals surface area contributed by atoms with E-state index in [9.17, 15) is 4.79 Å². The van der Waals surface area contributed by atoms with Crippen LogP contribution >= 0.6 is 11.8 Å². The Morgan fingerprint density at radius 2 is 2.00 bits per heavy atom. The first kappa shape index (κ1) is 15.4. The van der Waals surface area contributed by atoms with Gasteiger partial charge in [-0.3, -0.25) is 9.69 Å². The topological polar surface area (TPSA) is 41.6 Å². The highest BCUT2D eigenvalue weighted by atomic mass is 32.2. The number of benzene rings is 1. The normalized spacial score (nSPS) is 16.1. The number of ether oxygens (including phenoxy) is 1. The number of thioether (sulfide) groups is 1. The summed E-state index contributed by atoms with van der Waals surface area (Å²) in [6.45, 7) is 5.08. The predicted octanol–water partition coefficient (Wildman–Crippen LogP) is 1.61. The van der Waals surface area contributed by atoms with Crippen molar-refractivity contribution in [1.29, 1.82) is 0 Å². The average molecular weight is 294 g/mol. The molecular formula is C15H22N2O2S. The number of hydrogen-bond donors (Lipinski definition) is 1. The van der Waals surface area contributed by atoms with Crippen LogP contribution in [0.5, 0.6) is 0 Å². The van der Waals surface area contributed by atoms with E-state index in [2.05, 4.69) is 16.5 Å². The number of hydrogen-bond acceptors (Lipinski definition) is 4. The quantitative estimate of drug-likeness (QED) is 0.865. The molecule has 1 fully saturated rings. The molecule has 4 nitrogen and oxygen atoms in total. The van der Waals surface area contributed by atoms with Crippen LogP contribution in [0.25, 0.3) is 0 Å². The summed E-state index contributed by atoms with van der Waals surface area (Å²) in [5.74, 6) is 0.993. The molecule has 0 saturated carbocycles. The molecule has 1 aliphatic heterocycles. The largest absolute Gasteiger partial charge is 0.379 e. The third-order valence-electron chi connectivity index (χ3n) is 3.34. The van der Waals surface area contributed by atoms with Crippen molar-refractivity contribution in [3.63, 3.8) is 0 Å². The highest BCUT2D eigenvalue weighted by molar-refractivity contribution is 7.97. The van der Waals surface area contributed by atoms with E-state index in [-0.39, 0.29) is 5.91 Å². The SMILES string of the molecule is CSCc1ccc(C(=O)NCCN2CCOCC2)cc1. The van der Waals surface area contributed by atoms with E-state index in [0.717, 1.165) is 44.2 Å². The van der Waals surface area contributed by atoms with E-state index in [1.54, 1.807) is 11.8 Å². The van der Waals surface area contributed by atoms with Gasteiger partial charge in [-0.15, -0.1) is 0 Å². The third-order valence-corrected chi connectivity index (χ3v) is 3.97. The lowest BCUT2D eigenvalue weighted by molar-refractivity contribution is 0.0383. The van der Waals surface area contributed by atoms with E-state index in [1.165, 1.54) is 5.56 Å². The number of rotatable bonds is 6. The van der Waals surface area contributed by atoms with Gasteiger partial charge in [0.05, 0.1) is 13.2 Å². The van der Waals surface area contributed by atoms with Crippen LogP contribution < -0.4 is 5.32 Å². The molecule has 1 saturated heterocycles. The summed E-state index contributed by atoms with van der Waals surface area (Å²) in [5.41, 5.74) is 1.99. The van der Waals surface area contributed by atoms with Crippen molar-refractivity contribution in [3.8, 4) is 0 Å². The van der Waals surface area contributed by atoms with Crippen molar-refractivity contribution < 1.29 is 9.53 Å². The predicted molar refractivity (Wildman–Crippen MR) is 83.3 cm³/mol. The second-order valence-electron chi connectivity index (χ2n) is 4.84. The van der Waals surface area contributed by atoms with Crippen molar-refractivity contribution in [2.24, 2.45) is 0 Å². The van der Waals surface area contributed by atoms with Crippen LogP contribution in [-0.2, 0) is 10.5 Å². The lowest BCUT2D eigenvalue weighted by atomic mass is 10.1. The van der Waals surface area contributed by atoms with Gasteiger partial charge in [-0.1, -0.05) is 12.1 Å². The van der Waals surface area contributed by atoms with Gasteiger partial charge in [0.2, 0.25) is 0 Å². The summed E-state index contributed by atoms with van der Waals surface area (Å²) in [6.07, 6.45) is 2.08. The van der Waals surface area contributed by atoms with Gasteiger partial charge in [-0.2, -0.15) is 11.8 Å². The fraction of sp³-hybridized carbons (Fsp3) is 0.533. The summed E-state index contributed by atoms with van der Waals surface area (Å²) in [6, 6.07) is 7.84. The lowest BCUT2D eigenvalue weighted by Crippen LogP contribution is -2.41. The van der Waals surface area contributed by atoms with Gasteiger partial charge in [0.15, 0.2) is 0 Å². The second-order valence-corrected chi connectivity index (χ2v) is 5.71. The molecule has 2 rings (SSSR count). The second kappa shape index (κ2) is 8.29. The molecule has 1 amide bonds. The highest BCUT2D eigenvalue weighted by Gasteiger charge is 2.10. The van der Waals surface area contributed by atoms with Crippen LogP contribution in [0, 0.1) is 0 Å². The minimum atomic E-state index is 0.00830. The fourth-order valence-electron chi connectivity index (χ4n) is 2.17. The molecule has 20 heavy (non-hydrogen) atoms. The molecule has 0 aliphatic carbocycles. The summed E-state index contributed by atoms with van der Waals surface area (Å²) in [7, 11) is 0. The molecule has 0 spiro atoms. The molecule has 0 aromatic heterocycles. The van der Waals surface area contributed by atoms with Crippen molar-refractivity contribution in [1.82, 2.24) is 10.2 Å². The Morgan fingerprint density at radius 3 is 2.65 bits per heavy atom. The average Bonchev–Trinajstić information content (AvgIpc) is 2.49. The fourth-order valence-corrected chi connectivity index (χ4v) is 2.70. The first-order valence-electron chi connectivity index (χ1n) is 6.96. The molecular weight excluding hydrogens is 272 g/mol. The van der Waals surface area contributed by atoms with Gasteiger partial charge in [-0.25, -0.2) is 0 Å². The van der Waals surface area contributed by atoms with Crippen LogP contribution in [0.3, 0.4) is 0 Å². The molecule has 110 valence electrons. The number of carbonyl (C=O) groups is 1. The smallest absolute Gasteiger partial charge is 0.251 e. The van der Waals surface area contributed by atoms with Crippen LogP contribution in [-0.4, -0.2) is 56.5 Å². The molecule has 0 radical (unpaired) electrons. The molecule has 5 heteroatoms. The Labute approximate surface area is 124 Å². The van der Waals surface area contributed by atoms with Crippen molar-refractivity contribution >= 4 is 17.7 Å². The van der Waals surface area contributed by atoms with E-state index in [4.69, 9.17) is 4.74 Å². The first-order chi connectivity index (χ1) is 9.79.